The number of allylic oxidation sites excluding steroid dienone is 7. The van der Waals surface area contributed by atoms with E-state index < -0.39 is 12.0 Å². The molecule has 0 spiro atoms. The molecule has 0 bridgehead atoms. The Morgan fingerprint density at radius 1 is 0.939 bits per heavy atom. The van der Waals surface area contributed by atoms with Crippen molar-refractivity contribution in [2.75, 3.05) is 16.8 Å². The van der Waals surface area contributed by atoms with E-state index in [1.165, 1.54) is 22.3 Å². The summed E-state index contributed by atoms with van der Waals surface area (Å²) in [4.78, 5) is 14.6. The molecule has 0 amide bonds. The van der Waals surface area contributed by atoms with E-state index in [-0.39, 0.29) is 0 Å². The number of nitrogens with one attached hydrogen (secondary N) is 2. The molecule has 0 aliphatic heterocycles. The van der Waals surface area contributed by atoms with Crippen LogP contribution in [-0.4, -0.2) is 33.6 Å². The van der Waals surface area contributed by atoms with Crippen LogP contribution < -0.4 is 5.32 Å². The first-order chi connectivity index (χ1) is 15.7. The Morgan fingerprint density at radius 3 is 1.97 bits per heavy atom. The Labute approximate surface area is 205 Å². The minimum Gasteiger partial charge on any atom is -0.480 e. The van der Waals surface area contributed by atoms with Crippen LogP contribution in [0.4, 0.5) is 5.82 Å². The summed E-state index contributed by atoms with van der Waals surface area (Å²) in [6.07, 6.45) is 15.9. The molecule has 0 radical (unpaired) electrons. The smallest absolute Gasteiger partial charge is 0.327 e. The third-order valence-electron chi connectivity index (χ3n) is 5.45. The second-order valence-electron chi connectivity index (χ2n) is 9.18. The van der Waals surface area contributed by atoms with Crippen LogP contribution in [0.5, 0.6) is 0 Å². The number of thioether (sulfide) groups is 1. The highest BCUT2D eigenvalue weighted by molar-refractivity contribution is 7.99. The summed E-state index contributed by atoms with van der Waals surface area (Å²) in [5.74, 6) is 1.29. The van der Waals surface area contributed by atoms with Crippen LogP contribution in [0, 0.1) is 6.92 Å². The fraction of sp³-hybridized carbons (Fsp3) is 0.536. The van der Waals surface area contributed by atoms with Crippen LogP contribution in [0.2, 0.25) is 0 Å². The topological polar surface area (TPSA) is 65.1 Å². The predicted octanol–water partition coefficient (Wildman–Crippen LogP) is 8.07. The van der Waals surface area contributed by atoms with E-state index in [4.69, 9.17) is 0 Å². The number of hydrogen-bond donors (Lipinski definition) is 3. The van der Waals surface area contributed by atoms with E-state index >= 15 is 0 Å². The van der Waals surface area contributed by atoms with E-state index in [0.717, 1.165) is 55.8 Å². The van der Waals surface area contributed by atoms with Crippen molar-refractivity contribution < 1.29 is 9.90 Å². The van der Waals surface area contributed by atoms with E-state index in [1.807, 2.05) is 19.1 Å². The molecular formula is C28H44N2O2S. The summed E-state index contributed by atoms with van der Waals surface area (Å²) in [7, 11) is 0. The van der Waals surface area contributed by atoms with Crippen molar-refractivity contribution in [3.63, 3.8) is 0 Å². The molecule has 1 aromatic heterocycles. The van der Waals surface area contributed by atoms with Crippen molar-refractivity contribution >= 4 is 23.5 Å². The quantitative estimate of drug-likeness (QED) is 0.168. The molecule has 0 saturated carbocycles. The molecule has 5 heteroatoms. The highest BCUT2D eigenvalue weighted by atomic mass is 32.2. The molecule has 0 aliphatic rings. The number of aromatic nitrogens is 1. The molecular weight excluding hydrogens is 428 g/mol. The van der Waals surface area contributed by atoms with Crippen molar-refractivity contribution in [2.24, 2.45) is 0 Å². The van der Waals surface area contributed by atoms with Crippen LogP contribution >= 0.6 is 11.8 Å². The molecule has 3 N–H and O–H groups in total. The van der Waals surface area contributed by atoms with Gasteiger partial charge in [0.25, 0.3) is 0 Å². The maximum atomic E-state index is 11.5. The van der Waals surface area contributed by atoms with Gasteiger partial charge in [-0.05, 0) is 92.2 Å². The highest BCUT2D eigenvalue weighted by Crippen LogP contribution is 2.15. The number of carboxylic acid groups (broad SMARTS) is 1. The maximum absolute atomic E-state index is 11.5. The maximum Gasteiger partial charge on any atom is 0.327 e. The van der Waals surface area contributed by atoms with Gasteiger partial charge in [0, 0.05) is 17.2 Å². The first-order valence-corrected chi connectivity index (χ1v) is 13.2. The van der Waals surface area contributed by atoms with Crippen molar-refractivity contribution in [3.05, 3.63) is 64.4 Å². The summed E-state index contributed by atoms with van der Waals surface area (Å²) >= 11 is 1.65. The Kier molecular flexibility index (Phi) is 14.4. The van der Waals surface area contributed by atoms with Gasteiger partial charge >= 0.3 is 5.97 Å². The fourth-order valence-corrected chi connectivity index (χ4v) is 4.33. The molecule has 0 aromatic carbocycles. The van der Waals surface area contributed by atoms with Gasteiger partial charge in [-0.15, -0.1) is 0 Å². The third kappa shape index (κ3) is 14.6. The lowest BCUT2D eigenvalue weighted by atomic mass is 10.0. The van der Waals surface area contributed by atoms with Crippen LogP contribution in [0.25, 0.3) is 0 Å². The minimum atomic E-state index is -0.825. The third-order valence-corrected chi connectivity index (χ3v) is 6.42. The van der Waals surface area contributed by atoms with E-state index in [0.29, 0.717) is 5.75 Å². The van der Waals surface area contributed by atoms with Gasteiger partial charge in [-0.3, -0.25) is 0 Å². The molecule has 184 valence electrons. The molecule has 1 heterocycles. The number of H-pyrrole nitrogens is 1. The second-order valence-corrected chi connectivity index (χ2v) is 10.3. The van der Waals surface area contributed by atoms with Gasteiger partial charge in [0.05, 0.1) is 0 Å². The molecule has 1 unspecified atom stereocenters. The predicted molar refractivity (Wildman–Crippen MR) is 146 cm³/mol. The Hall–Kier alpha value is -2.14. The van der Waals surface area contributed by atoms with Crippen LogP contribution in [-0.2, 0) is 4.79 Å². The average molecular weight is 473 g/mol. The van der Waals surface area contributed by atoms with Gasteiger partial charge in [0.2, 0.25) is 0 Å². The zero-order valence-corrected chi connectivity index (χ0v) is 22.3. The standard InChI is InChI=1S/C28H44N2O2S/c1-21(2)10-7-11-22(3)12-8-13-23(4)14-9-15-24(5)18-19-33-20-26(28(31)32)30-27-17-16-25(6)29-27/h10,12,14,16-18,26,29-30H,7-9,11,13,15,19-20H2,1-6H3,(H,31,32)/b22-12+,23-14+,24-18+. The summed E-state index contributed by atoms with van der Waals surface area (Å²) in [5, 5.41) is 12.5. The van der Waals surface area contributed by atoms with Crippen LogP contribution in [0.3, 0.4) is 0 Å². The summed E-state index contributed by atoms with van der Waals surface area (Å²) in [6, 6.07) is 3.21. The van der Waals surface area contributed by atoms with Crippen molar-refractivity contribution in [1.29, 1.82) is 0 Å². The highest BCUT2D eigenvalue weighted by Gasteiger charge is 2.17. The molecule has 1 atom stereocenters. The molecule has 1 aromatic rings. The Morgan fingerprint density at radius 2 is 1.48 bits per heavy atom. The van der Waals surface area contributed by atoms with Gasteiger partial charge in [-0.2, -0.15) is 11.8 Å². The Bertz CT molecular complexity index is 842. The summed E-state index contributed by atoms with van der Waals surface area (Å²) < 4.78 is 0. The monoisotopic (exact) mass is 472 g/mol. The average Bonchev–Trinajstić information content (AvgIpc) is 3.14. The number of anilines is 1. The lowest BCUT2D eigenvalue weighted by molar-refractivity contribution is -0.137. The largest absolute Gasteiger partial charge is 0.480 e. The van der Waals surface area contributed by atoms with Crippen molar-refractivity contribution in [3.8, 4) is 0 Å². The molecule has 0 aliphatic carbocycles. The molecule has 4 nitrogen and oxygen atoms in total. The lowest BCUT2D eigenvalue weighted by Gasteiger charge is -2.13. The normalized spacial score (nSPS) is 13.7. The fourth-order valence-electron chi connectivity index (χ4n) is 3.32. The van der Waals surface area contributed by atoms with Crippen LogP contribution in [0.15, 0.2) is 58.7 Å². The van der Waals surface area contributed by atoms with Gasteiger partial charge in [-0.1, -0.05) is 46.6 Å². The Balaban J connectivity index is 2.27. The van der Waals surface area contributed by atoms with E-state index in [2.05, 4.69) is 69.2 Å². The van der Waals surface area contributed by atoms with Gasteiger partial charge in [0.15, 0.2) is 0 Å². The number of carboxylic acids is 1. The van der Waals surface area contributed by atoms with Gasteiger partial charge < -0.3 is 15.4 Å². The minimum absolute atomic E-state index is 0.525. The number of aromatic amines is 1. The zero-order valence-electron chi connectivity index (χ0n) is 21.5. The molecule has 0 fully saturated rings. The summed E-state index contributed by atoms with van der Waals surface area (Å²) in [6.45, 7) is 12.9. The zero-order chi connectivity index (χ0) is 24.6. The number of aryl methyl sites for hydroxylation is 1. The molecule has 33 heavy (non-hydrogen) atoms. The number of carbonyl (C=O) groups is 1. The van der Waals surface area contributed by atoms with Crippen molar-refractivity contribution in [1.82, 2.24) is 4.98 Å². The number of aliphatic carboxylic acids is 1. The molecule has 1 rings (SSSR count). The van der Waals surface area contributed by atoms with Crippen LogP contribution in [0.1, 0.15) is 78.8 Å². The SMILES string of the molecule is CC(C)=CCC/C(C)=C/CC/C(C)=C/CC/C(C)=C/CSCC(Nc1ccc(C)[nH]1)C(=O)O. The van der Waals surface area contributed by atoms with Gasteiger partial charge in [0.1, 0.15) is 11.9 Å². The van der Waals surface area contributed by atoms with E-state index in [1.54, 1.807) is 11.8 Å². The number of rotatable bonds is 16. The first-order valence-electron chi connectivity index (χ1n) is 12.0. The van der Waals surface area contributed by atoms with Crippen molar-refractivity contribution in [2.45, 2.75) is 86.1 Å². The lowest BCUT2D eigenvalue weighted by Crippen LogP contribution is -2.31. The first kappa shape index (κ1) is 28.9. The van der Waals surface area contributed by atoms with Gasteiger partial charge in [-0.25, -0.2) is 4.79 Å². The number of hydrogen-bond acceptors (Lipinski definition) is 3. The second kappa shape index (κ2) is 16.5. The molecule has 0 saturated heterocycles. The summed E-state index contributed by atoms with van der Waals surface area (Å²) in [5.41, 5.74) is 6.72. The van der Waals surface area contributed by atoms with E-state index in [9.17, 15) is 9.90 Å².